The van der Waals surface area contributed by atoms with Crippen LogP contribution in [0.15, 0.2) is 0 Å². The summed E-state index contributed by atoms with van der Waals surface area (Å²) in [6.45, 7) is 1.77. The zero-order chi connectivity index (χ0) is 13.3. The third kappa shape index (κ3) is 1.85. The Balaban J connectivity index is 2.71. The van der Waals surface area contributed by atoms with Crippen molar-refractivity contribution in [3.8, 4) is 23.0 Å². The number of fused-ring (bicyclic) bond motifs is 1. The summed E-state index contributed by atoms with van der Waals surface area (Å²) in [6, 6.07) is 0. The lowest BCUT2D eigenvalue weighted by Crippen LogP contribution is -2.07. The second kappa shape index (κ2) is 4.76. The van der Waals surface area contributed by atoms with E-state index >= 15 is 0 Å². The van der Waals surface area contributed by atoms with Crippen LogP contribution >= 0.6 is 0 Å². The van der Waals surface area contributed by atoms with E-state index in [1.54, 1.807) is 6.92 Å². The molecule has 0 fully saturated rings. The molecular weight excluding hydrogens is 236 g/mol. The summed E-state index contributed by atoms with van der Waals surface area (Å²) >= 11 is 0. The second-order valence-corrected chi connectivity index (χ2v) is 4.18. The molecule has 0 saturated heterocycles. The lowest BCUT2D eigenvalue weighted by molar-refractivity contribution is -0.134. The van der Waals surface area contributed by atoms with Crippen LogP contribution in [0.5, 0.6) is 23.0 Å². The summed E-state index contributed by atoms with van der Waals surface area (Å²) in [5.41, 5.74) is 1.47. The van der Waals surface area contributed by atoms with Crippen LogP contribution in [0.4, 0.5) is 0 Å². The van der Waals surface area contributed by atoms with Crippen LogP contribution < -0.4 is 14.2 Å². The van der Waals surface area contributed by atoms with Gasteiger partial charge in [0.05, 0.1) is 14.2 Å². The molecule has 1 aromatic rings. The van der Waals surface area contributed by atoms with Gasteiger partial charge in [0, 0.05) is 17.5 Å². The number of phenols is 1. The van der Waals surface area contributed by atoms with Gasteiger partial charge in [-0.2, -0.15) is 0 Å². The molecule has 0 bridgehead atoms. The van der Waals surface area contributed by atoms with Crippen LogP contribution in [0, 0.1) is 6.92 Å². The maximum absolute atomic E-state index is 11.5. The van der Waals surface area contributed by atoms with E-state index in [1.807, 2.05) is 0 Å². The Hall–Kier alpha value is -1.91. The van der Waals surface area contributed by atoms with Gasteiger partial charge in [-0.1, -0.05) is 0 Å². The largest absolute Gasteiger partial charge is 0.504 e. The Bertz CT molecular complexity index is 493. The fourth-order valence-corrected chi connectivity index (χ4v) is 2.19. The smallest absolute Gasteiger partial charge is 0.311 e. The number of methoxy groups -OCH3 is 2. The van der Waals surface area contributed by atoms with Crippen LogP contribution in [0.3, 0.4) is 0 Å². The molecule has 0 amide bonds. The fraction of sp³-hybridized carbons (Fsp3) is 0.462. The van der Waals surface area contributed by atoms with Crippen molar-refractivity contribution in [1.82, 2.24) is 0 Å². The fourth-order valence-electron chi connectivity index (χ4n) is 2.19. The molecule has 0 unspecified atom stereocenters. The highest BCUT2D eigenvalue weighted by molar-refractivity contribution is 5.77. The van der Waals surface area contributed by atoms with Crippen LogP contribution in [0.1, 0.15) is 24.0 Å². The van der Waals surface area contributed by atoms with E-state index in [1.165, 1.54) is 14.2 Å². The van der Waals surface area contributed by atoms with Gasteiger partial charge in [-0.05, 0) is 19.8 Å². The number of benzene rings is 1. The highest BCUT2D eigenvalue weighted by Gasteiger charge is 2.28. The van der Waals surface area contributed by atoms with Gasteiger partial charge in [-0.15, -0.1) is 0 Å². The molecule has 1 heterocycles. The first-order chi connectivity index (χ1) is 8.60. The van der Waals surface area contributed by atoms with Gasteiger partial charge in [0.25, 0.3) is 0 Å². The molecular formula is C13H16O5. The SMILES string of the molecule is COc1c(O)c(C)c2c(c1OC)OC(=O)CCC2. The summed E-state index contributed by atoms with van der Waals surface area (Å²) in [7, 11) is 2.88. The number of phenolic OH excluding ortho intramolecular Hbond substituents is 1. The maximum atomic E-state index is 11.5. The van der Waals surface area contributed by atoms with E-state index in [2.05, 4.69) is 0 Å². The molecule has 0 atom stereocenters. The normalized spacial score (nSPS) is 14.5. The van der Waals surface area contributed by atoms with Crippen LogP contribution in [0.25, 0.3) is 0 Å². The molecule has 98 valence electrons. The third-order valence-corrected chi connectivity index (χ3v) is 3.14. The van der Waals surface area contributed by atoms with Crippen molar-refractivity contribution < 1.29 is 24.1 Å². The molecule has 0 spiro atoms. The lowest BCUT2D eigenvalue weighted by Gasteiger charge is -2.18. The van der Waals surface area contributed by atoms with Gasteiger partial charge < -0.3 is 19.3 Å². The number of aromatic hydroxyl groups is 1. The lowest BCUT2D eigenvalue weighted by atomic mass is 10.00. The first-order valence-electron chi connectivity index (χ1n) is 5.77. The van der Waals surface area contributed by atoms with Gasteiger partial charge in [0.2, 0.25) is 11.5 Å². The minimum Gasteiger partial charge on any atom is -0.504 e. The monoisotopic (exact) mass is 252 g/mol. The van der Waals surface area contributed by atoms with Crippen molar-refractivity contribution >= 4 is 5.97 Å². The Kier molecular flexibility index (Phi) is 3.32. The van der Waals surface area contributed by atoms with Gasteiger partial charge in [-0.3, -0.25) is 4.79 Å². The molecule has 5 heteroatoms. The number of ether oxygens (including phenoxy) is 3. The van der Waals surface area contributed by atoms with Gasteiger partial charge in [0.15, 0.2) is 11.5 Å². The molecule has 0 saturated carbocycles. The van der Waals surface area contributed by atoms with Crippen molar-refractivity contribution in [3.05, 3.63) is 11.1 Å². The maximum Gasteiger partial charge on any atom is 0.311 e. The van der Waals surface area contributed by atoms with Crippen molar-refractivity contribution in [3.63, 3.8) is 0 Å². The van der Waals surface area contributed by atoms with Crippen LogP contribution in [-0.2, 0) is 11.2 Å². The van der Waals surface area contributed by atoms with Crippen molar-refractivity contribution in [1.29, 1.82) is 0 Å². The van der Waals surface area contributed by atoms with E-state index < -0.39 is 0 Å². The zero-order valence-electron chi connectivity index (χ0n) is 10.7. The van der Waals surface area contributed by atoms with Crippen molar-refractivity contribution in [2.75, 3.05) is 14.2 Å². The predicted octanol–water partition coefficient (Wildman–Crippen LogP) is 1.96. The highest BCUT2D eigenvalue weighted by Crippen LogP contribution is 2.49. The number of hydrogen-bond donors (Lipinski definition) is 1. The molecule has 0 aliphatic carbocycles. The van der Waals surface area contributed by atoms with Gasteiger partial charge in [-0.25, -0.2) is 0 Å². The van der Waals surface area contributed by atoms with Crippen molar-refractivity contribution in [2.45, 2.75) is 26.2 Å². The molecule has 18 heavy (non-hydrogen) atoms. The van der Waals surface area contributed by atoms with E-state index in [0.29, 0.717) is 30.6 Å². The Morgan fingerprint density at radius 3 is 2.44 bits per heavy atom. The van der Waals surface area contributed by atoms with Crippen molar-refractivity contribution in [2.24, 2.45) is 0 Å². The summed E-state index contributed by atoms with van der Waals surface area (Å²) in [5, 5.41) is 10.1. The van der Waals surface area contributed by atoms with E-state index in [0.717, 1.165) is 5.56 Å². The van der Waals surface area contributed by atoms with Crippen LogP contribution in [-0.4, -0.2) is 25.3 Å². The van der Waals surface area contributed by atoms with Gasteiger partial charge >= 0.3 is 5.97 Å². The minimum absolute atomic E-state index is 0.0334. The molecule has 1 aromatic carbocycles. The molecule has 1 N–H and O–H groups in total. The Labute approximate surface area is 105 Å². The van der Waals surface area contributed by atoms with E-state index in [-0.39, 0.29) is 23.2 Å². The molecule has 2 rings (SSSR count). The van der Waals surface area contributed by atoms with E-state index in [4.69, 9.17) is 14.2 Å². The quantitative estimate of drug-likeness (QED) is 0.644. The molecule has 1 aliphatic rings. The molecule has 5 nitrogen and oxygen atoms in total. The van der Waals surface area contributed by atoms with Crippen LogP contribution in [0.2, 0.25) is 0 Å². The number of esters is 1. The molecule has 0 aromatic heterocycles. The Morgan fingerprint density at radius 2 is 1.83 bits per heavy atom. The van der Waals surface area contributed by atoms with Gasteiger partial charge in [0.1, 0.15) is 0 Å². The molecule has 1 aliphatic heterocycles. The topological polar surface area (TPSA) is 65.0 Å². The second-order valence-electron chi connectivity index (χ2n) is 4.18. The summed E-state index contributed by atoms with van der Waals surface area (Å²) in [4.78, 5) is 11.5. The predicted molar refractivity (Wildman–Crippen MR) is 64.5 cm³/mol. The highest BCUT2D eigenvalue weighted by atomic mass is 16.6. The number of carbonyl (C=O) groups is 1. The third-order valence-electron chi connectivity index (χ3n) is 3.14. The average molecular weight is 252 g/mol. The average Bonchev–Trinajstić information content (AvgIpc) is 2.55. The minimum atomic E-state index is -0.292. The summed E-state index contributed by atoms with van der Waals surface area (Å²) in [6.07, 6.45) is 1.72. The summed E-state index contributed by atoms with van der Waals surface area (Å²) < 4.78 is 15.6. The Morgan fingerprint density at radius 1 is 1.17 bits per heavy atom. The number of hydrogen-bond acceptors (Lipinski definition) is 5. The summed E-state index contributed by atoms with van der Waals surface area (Å²) in [5.74, 6) is 0.576. The molecule has 0 radical (unpaired) electrons. The first-order valence-corrected chi connectivity index (χ1v) is 5.77. The first kappa shape index (κ1) is 12.5. The zero-order valence-corrected chi connectivity index (χ0v) is 10.7. The standard InChI is InChI=1S/C13H16O5/c1-7-8-5-4-6-9(14)18-11(8)13(17-3)12(16-2)10(7)15/h15H,4-6H2,1-3H3. The van der Waals surface area contributed by atoms with E-state index in [9.17, 15) is 9.90 Å². The number of carbonyl (C=O) groups excluding carboxylic acids is 1. The number of rotatable bonds is 2.